The minimum atomic E-state index is 0.0169. The molecular formula is C17H23N3O. The number of hydrogen-bond donors (Lipinski definition) is 1. The molecule has 0 spiro atoms. The molecule has 2 rings (SSSR count). The van der Waals surface area contributed by atoms with Crippen molar-refractivity contribution in [2.45, 2.75) is 33.2 Å². The summed E-state index contributed by atoms with van der Waals surface area (Å²) in [6.45, 7) is 6.94. The molecule has 0 fully saturated rings. The average Bonchev–Trinajstić information content (AvgIpc) is 2.48. The maximum absolute atomic E-state index is 5.67. The molecule has 112 valence electrons. The van der Waals surface area contributed by atoms with E-state index in [4.69, 9.17) is 4.74 Å². The van der Waals surface area contributed by atoms with E-state index in [-0.39, 0.29) is 6.04 Å². The monoisotopic (exact) mass is 285 g/mol. The van der Waals surface area contributed by atoms with Gasteiger partial charge in [0.1, 0.15) is 5.75 Å². The quantitative estimate of drug-likeness (QED) is 0.885. The third-order valence-corrected chi connectivity index (χ3v) is 3.36. The van der Waals surface area contributed by atoms with E-state index in [1.54, 1.807) is 6.20 Å². The van der Waals surface area contributed by atoms with Crippen LogP contribution < -0.4 is 10.1 Å². The average molecular weight is 285 g/mol. The molecule has 1 atom stereocenters. The van der Waals surface area contributed by atoms with Crippen molar-refractivity contribution < 1.29 is 4.74 Å². The number of aryl methyl sites for hydroxylation is 2. The molecule has 2 heterocycles. The van der Waals surface area contributed by atoms with Gasteiger partial charge in [-0.2, -0.15) is 0 Å². The lowest BCUT2D eigenvalue weighted by atomic mass is 10.0. The van der Waals surface area contributed by atoms with Gasteiger partial charge in [0.25, 0.3) is 0 Å². The second kappa shape index (κ2) is 7.18. The molecular weight excluding hydrogens is 262 g/mol. The number of nitrogens with zero attached hydrogens (tertiary/aromatic N) is 2. The van der Waals surface area contributed by atoms with Crippen LogP contribution in [0.1, 0.15) is 41.8 Å². The number of rotatable bonds is 6. The van der Waals surface area contributed by atoms with E-state index in [2.05, 4.69) is 42.1 Å². The van der Waals surface area contributed by atoms with Gasteiger partial charge in [0.05, 0.1) is 24.5 Å². The van der Waals surface area contributed by atoms with Gasteiger partial charge in [0, 0.05) is 12.4 Å². The largest absolute Gasteiger partial charge is 0.492 e. The Kier molecular flexibility index (Phi) is 5.28. The molecule has 0 aromatic carbocycles. The summed E-state index contributed by atoms with van der Waals surface area (Å²) in [4.78, 5) is 8.87. The van der Waals surface area contributed by atoms with Gasteiger partial charge in [0.15, 0.2) is 0 Å². The second-order valence-corrected chi connectivity index (χ2v) is 5.24. The molecule has 1 unspecified atom stereocenters. The lowest BCUT2D eigenvalue weighted by molar-refractivity contribution is 0.315. The number of nitrogens with one attached hydrogen (secondary N) is 1. The smallest absolute Gasteiger partial charge is 0.137 e. The summed E-state index contributed by atoms with van der Waals surface area (Å²) in [7, 11) is 1.94. The fraction of sp³-hybridized carbons (Fsp3) is 0.412. The Hall–Kier alpha value is -1.94. The third-order valence-electron chi connectivity index (χ3n) is 3.36. The molecule has 0 aliphatic heterocycles. The van der Waals surface area contributed by atoms with E-state index < -0.39 is 0 Å². The van der Waals surface area contributed by atoms with Crippen LogP contribution in [0.3, 0.4) is 0 Å². The summed E-state index contributed by atoms with van der Waals surface area (Å²) in [5.74, 6) is 0.805. The molecule has 4 nitrogen and oxygen atoms in total. The van der Waals surface area contributed by atoms with Crippen LogP contribution in [-0.4, -0.2) is 23.6 Å². The lowest BCUT2D eigenvalue weighted by Crippen LogP contribution is -2.20. The summed E-state index contributed by atoms with van der Waals surface area (Å²) in [5.41, 5.74) is 4.43. The number of ether oxygens (including phenoxy) is 1. The highest BCUT2D eigenvalue weighted by atomic mass is 16.5. The first kappa shape index (κ1) is 15.4. The van der Waals surface area contributed by atoms with Gasteiger partial charge >= 0.3 is 0 Å². The van der Waals surface area contributed by atoms with Gasteiger partial charge < -0.3 is 10.1 Å². The zero-order chi connectivity index (χ0) is 15.2. The highest BCUT2D eigenvalue weighted by Crippen LogP contribution is 2.25. The second-order valence-electron chi connectivity index (χ2n) is 5.24. The minimum Gasteiger partial charge on any atom is -0.492 e. The van der Waals surface area contributed by atoms with Crippen molar-refractivity contribution in [2.75, 3.05) is 13.7 Å². The number of aromatic nitrogens is 2. The Labute approximate surface area is 126 Å². The van der Waals surface area contributed by atoms with Crippen molar-refractivity contribution >= 4 is 0 Å². The van der Waals surface area contributed by atoms with Crippen LogP contribution in [0.4, 0.5) is 0 Å². The lowest BCUT2D eigenvalue weighted by Gasteiger charge is -2.19. The fourth-order valence-corrected chi connectivity index (χ4v) is 2.38. The summed E-state index contributed by atoms with van der Waals surface area (Å²) >= 11 is 0. The summed E-state index contributed by atoms with van der Waals surface area (Å²) in [5, 5.41) is 3.32. The number of pyridine rings is 2. The Bertz CT molecular complexity index is 598. The predicted molar refractivity (Wildman–Crippen MR) is 84.6 cm³/mol. The van der Waals surface area contributed by atoms with Crippen molar-refractivity contribution in [1.82, 2.24) is 15.3 Å². The molecule has 4 heteroatoms. The topological polar surface area (TPSA) is 47.0 Å². The molecule has 1 N–H and O–H groups in total. The normalized spacial score (nSPS) is 12.2. The van der Waals surface area contributed by atoms with Crippen molar-refractivity contribution in [3.63, 3.8) is 0 Å². The summed E-state index contributed by atoms with van der Waals surface area (Å²) in [6.07, 6.45) is 6.50. The van der Waals surface area contributed by atoms with Gasteiger partial charge in [0.2, 0.25) is 0 Å². The van der Waals surface area contributed by atoms with Crippen LogP contribution in [0, 0.1) is 13.8 Å². The zero-order valence-electron chi connectivity index (χ0n) is 13.2. The minimum absolute atomic E-state index is 0.0169. The zero-order valence-corrected chi connectivity index (χ0v) is 13.2. The van der Waals surface area contributed by atoms with E-state index in [1.807, 2.05) is 25.5 Å². The SMILES string of the molecule is CCCOc1cncc(C(NC)c2ncc(C)cc2C)c1. The summed E-state index contributed by atoms with van der Waals surface area (Å²) < 4.78 is 5.67. The maximum Gasteiger partial charge on any atom is 0.137 e. The van der Waals surface area contributed by atoms with Gasteiger partial charge in [-0.3, -0.25) is 9.97 Å². The highest BCUT2D eigenvalue weighted by Gasteiger charge is 2.17. The van der Waals surface area contributed by atoms with Gasteiger partial charge in [-0.05, 0) is 50.1 Å². The molecule has 0 amide bonds. The molecule has 21 heavy (non-hydrogen) atoms. The van der Waals surface area contributed by atoms with Crippen LogP contribution >= 0.6 is 0 Å². The molecule has 0 radical (unpaired) electrons. The molecule has 0 saturated carbocycles. The van der Waals surface area contributed by atoms with Crippen molar-refractivity contribution in [3.05, 3.63) is 53.1 Å². The molecule has 2 aromatic rings. The standard InChI is InChI=1S/C17H23N3O/c1-5-6-21-15-8-14(10-19-11-15)17(18-4)16-13(3)7-12(2)9-20-16/h7-11,17-18H,5-6H2,1-4H3. The van der Waals surface area contributed by atoms with E-state index >= 15 is 0 Å². The van der Waals surface area contributed by atoms with Crippen LogP contribution in [0.5, 0.6) is 5.75 Å². The van der Waals surface area contributed by atoms with E-state index in [9.17, 15) is 0 Å². The Morgan fingerprint density at radius 2 is 2.00 bits per heavy atom. The highest BCUT2D eigenvalue weighted by molar-refractivity contribution is 5.35. The molecule has 0 aliphatic rings. The van der Waals surface area contributed by atoms with Crippen LogP contribution in [0.25, 0.3) is 0 Å². The first-order valence-electron chi connectivity index (χ1n) is 7.33. The molecule has 0 saturated heterocycles. The fourth-order valence-electron chi connectivity index (χ4n) is 2.38. The predicted octanol–water partition coefficient (Wildman–Crippen LogP) is 3.19. The van der Waals surface area contributed by atoms with Gasteiger partial charge in [-0.15, -0.1) is 0 Å². The van der Waals surface area contributed by atoms with Crippen LogP contribution in [-0.2, 0) is 0 Å². The Morgan fingerprint density at radius 1 is 1.19 bits per heavy atom. The van der Waals surface area contributed by atoms with Crippen molar-refractivity contribution in [3.8, 4) is 5.75 Å². The summed E-state index contributed by atoms with van der Waals surface area (Å²) in [6, 6.07) is 4.20. The Morgan fingerprint density at radius 3 is 2.67 bits per heavy atom. The van der Waals surface area contributed by atoms with Crippen molar-refractivity contribution in [1.29, 1.82) is 0 Å². The third kappa shape index (κ3) is 3.79. The van der Waals surface area contributed by atoms with Crippen LogP contribution in [0.15, 0.2) is 30.7 Å². The van der Waals surface area contributed by atoms with E-state index in [0.717, 1.165) is 23.4 Å². The van der Waals surface area contributed by atoms with Gasteiger partial charge in [-0.1, -0.05) is 13.0 Å². The van der Waals surface area contributed by atoms with E-state index in [0.29, 0.717) is 6.61 Å². The maximum atomic E-state index is 5.67. The molecule has 0 aliphatic carbocycles. The first-order chi connectivity index (χ1) is 10.2. The van der Waals surface area contributed by atoms with E-state index in [1.165, 1.54) is 11.1 Å². The molecule has 2 aromatic heterocycles. The molecule has 0 bridgehead atoms. The first-order valence-corrected chi connectivity index (χ1v) is 7.33. The van der Waals surface area contributed by atoms with Crippen LogP contribution in [0.2, 0.25) is 0 Å². The Balaban J connectivity index is 2.32. The van der Waals surface area contributed by atoms with Gasteiger partial charge in [-0.25, -0.2) is 0 Å². The van der Waals surface area contributed by atoms with Crippen molar-refractivity contribution in [2.24, 2.45) is 0 Å². The number of hydrogen-bond acceptors (Lipinski definition) is 4.